The number of aromatic nitrogens is 1. The van der Waals surface area contributed by atoms with Crippen LogP contribution < -0.4 is 5.73 Å². The second kappa shape index (κ2) is 5.32. The third-order valence-electron chi connectivity index (χ3n) is 2.17. The molecular formula is C10H9F2N3O2. The Labute approximate surface area is 95.5 Å². The molecule has 0 fully saturated rings. The lowest BCUT2D eigenvalue weighted by atomic mass is 10.0. The number of nitriles is 1. The monoisotopic (exact) mass is 241 g/mol. The zero-order valence-corrected chi connectivity index (χ0v) is 8.65. The summed E-state index contributed by atoms with van der Waals surface area (Å²) >= 11 is 0. The molecule has 0 saturated heterocycles. The van der Waals surface area contributed by atoms with Gasteiger partial charge in [0, 0.05) is 18.3 Å². The zero-order chi connectivity index (χ0) is 13.0. The van der Waals surface area contributed by atoms with Gasteiger partial charge >= 0.3 is 5.97 Å². The summed E-state index contributed by atoms with van der Waals surface area (Å²) in [5.41, 5.74) is 4.64. The molecule has 0 saturated carbocycles. The van der Waals surface area contributed by atoms with Gasteiger partial charge in [0.2, 0.25) is 0 Å². The van der Waals surface area contributed by atoms with Crippen LogP contribution in [0.1, 0.15) is 28.8 Å². The Kier molecular flexibility index (Phi) is 4.06. The van der Waals surface area contributed by atoms with Crippen LogP contribution in [0, 0.1) is 11.3 Å². The minimum Gasteiger partial charge on any atom is -0.481 e. The van der Waals surface area contributed by atoms with E-state index in [2.05, 4.69) is 4.98 Å². The SMILES string of the molecule is N#Cc1c(C(F)F)cnc(CC(=O)O)c1CN. The van der Waals surface area contributed by atoms with Gasteiger partial charge in [-0.1, -0.05) is 0 Å². The van der Waals surface area contributed by atoms with E-state index in [9.17, 15) is 13.6 Å². The number of nitrogens with zero attached hydrogens (tertiary/aromatic N) is 2. The number of alkyl halides is 2. The van der Waals surface area contributed by atoms with E-state index in [4.69, 9.17) is 16.1 Å². The largest absolute Gasteiger partial charge is 0.481 e. The van der Waals surface area contributed by atoms with E-state index < -0.39 is 24.4 Å². The van der Waals surface area contributed by atoms with Crippen LogP contribution in [0.25, 0.3) is 0 Å². The molecule has 0 aliphatic heterocycles. The summed E-state index contributed by atoms with van der Waals surface area (Å²) in [6.07, 6.45) is -2.48. The van der Waals surface area contributed by atoms with E-state index >= 15 is 0 Å². The van der Waals surface area contributed by atoms with Crippen molar-refractivity contribution in [3.05, 3.63) is 28.6 Å². The fraction of sp³-hybridized carbons (Fsp3) is 0.300. The maximum Gasteiger partial charge on any atom is 0.309 e. The fourth-order valence-electron chi connectivity index (χ4n) is 1.42. The molecule has 1 aromatic rings. The molecule has 1 rings (SSSR count). The van der Waals surface area contributed by atoms with Crippen molar-refractivity contribution >= 4 is 5.97 Å². The molecule has 5 nitrogen and oxygen atoms in total. The summed E-state index contributed by atoms with van der Waals surface area (Å²) in [5, 5.41) is 17.4. The number of nitrogens with two attached hydrogens (primary N) is 1. The number of carbonyl (C=O) groups is 1. The van der Waals surface area contributed by atoms with Crippen LogP contribution in [0.4, 0.5) is 8.78 Å². The van der Waals surface area contributed by atoms with E-state index in [0.29, 0.717) is 0 Å². The first-order valence-corrected chi connectivity index (χ1v) is 4.62. The molecule has 0 aliphatic rings. The number of carboxylic acids is 1. The van der Waals surface area contributed by atoms with Crippen LogP contribution in [0.15, 0.2) is 6.20 Å². The third-order valence-corrected chi connectivity index (χ3v) is 2.17. The molecule has 0 atom stereocenters. The normalized spacial score (nSPS) is 10.3. The number of carboxylic acid groups (broad SMARTS) is 1. The van der Waals surface area contributed by atoms with Crippen LogP contribution in [0.5, 0.6) is 0 Å². The Morgan fingerprint density at radius 1 is 1.65 bits per heavy atom. The highest BCUT2D eigenvalue weighted by molar-refractivity contribution is 5.70. The summed E-state index contributed by atoms with van der Waals surface area (Å²) in [4.78, 5) is 14.2. The lowest BCUT2D eigenvalue weighted by Gasteiger charge is -2.10. The van der Waals surface area contributed by atoms with E-state index in [1.807, 2.05) is 0 Å². The first-order chi connectivity index (χ1) is 8.01. The highest BCUT2D eigenvalue weighted by atomic mass is 19.3. The molecule has 0 aromatic carbocycles. The second-order valence-corrected chi connectivity index (χ2v) is 3.20. The summed E-state index contributed by atoms with van der Waals surface area (Å²) in [6, 6.07) is 1.62. The molecule has 90 valence electrons. The number of aliphatic carboxylic acids is 1. The van der Waals surface area contributed by atoms with Gasteiger partial charge in [-0.3, -0.25) is 9.78 Å². The molecule has 0 amide bonds. The van der Waals surface area contributed by atoms with E-state index in [0.717, 1.165) is 6.20 Å². The van der Waals surface area contributed by atoms with Crippen molar-refractivity contribution in [2.24, 2.45) is 5.73 Å². The van der Waals surface area contributed by atoms with Crippen molar-refractivity contribution in [1.29, 1.82) is 5.26 Å². The van der Waals surface area contributed by atoms with Crippen LogP contribution in [0.3, 0.4) is 0 Å². The number of hydrogen-bond donors (Lipinski definition) is 2. The maximum atomic E-state index is 12.6. The highest BCUT2D eigenvalue weighted by Gasteiger charge is 2.20. The van der Waals surface area contributed by atoms with Crippen molar-refractivity contribution < 1.29 is 18.7 Å². The predicted octanol–water partition coefficient (Wildman–Crippen LogP) is 0.977. The van der Waals surface area contributed by atoms with Crippen molar-refractivity contribution in [2.45, 2.75) is 19.4 Å². The Balaban J connectivity index is 3.38. The summed E-state index contributed by atoms with van der Waals surface area (Å²) in [7, 11) is 0. The minimum atomic E-state index is -2.85. The number of rotatable bonds is 4. The Hall–Kier alpha value is -2.07. The molecule has 7 heteroatoms. The van der Waals surface area contributed by atoms with Gasteiger partial charge in [-0.05, 0) is 0 Å². The van der Waals surface area contributed by atoms with Crippen molar-refractivity contribution in [3.8, 4) is 6.07 Å². The van der Waals surface area contributed by atoms with Gasteiger partial charge in [0.25, 0.3) is 6.43 Å². The fourth-order valence-corrected chi connectivity index (χ4v) is 1.42. The van der Waals surface area contributed by atoms with Gasteiger partial charge in [0.05, 0.1) is 23.2 Å². The van der Waals surface area contributed by atoms with Gasteiger partial charge in [-0.2, -0.15) is 5.26 Å². The molecule has 0 aliphatic carbocycles. The van der Waals surface area contributed by atoms with Gasteiger partial charge in [-0.25, -0.2) is 8.78 Å². The van der Waals surface area contributed by atoms with E-state index in [1.54, 1.807) is 6.07 Å². The van der Waals surface area contributed by atoms with Crippen LogP contribution in [0.2, 0.25) is 0 Å². The van der Waals surface area contributed by atoms with Gasteiger partial charge in [-0.15, -0.1) is 0 Å². The molecule has 1 heterocycles. The van der Waals surface area contributed by atoms with E-state index in [-0.39, 0.29) is 23.4 Å². The smallest absolute Gasteiger partial charge is 0.309 e. The van der Waals surface area contributed by atoms with Crippen molar-refractivity contribution in [2.75, 3.05) is 0 Å². The van der Waals surface area contributed by atoms with Crippen molar-refractivity contribution in [1.82, 2.24) is 4.98 Å². The molecular weight excluding hydrogens is 232 g/mol. The van der Waals surface area contributed by atoms with Gasteiger partial charge < -0.3 is 10.8 Å². The lowest BCUT2D eigenvalue weighted by molar-refractivity contribution is -0.136. The molecule has 3 N–H and O–H groups in total. The Bertz CT molecular complexity index is 483. The van der Waals surface area contributed by atoms with Crippen molar-refractivity contribution in [3.63, 3.8) is 0 Å². The first-order valence-electron chi connectivity index (χ1n) is 4.62. The van der Waals surface area contributed by atoms with Crippen LogP contribution >= 0.6 is 0 Å². The van der Waals surface area contributed by atoms with Crippen LogP contribution in [-0.4, -0.2) is 16.1 Å². The first kappa shape index (κ1) is 13.0. The molecule has 0 bridgehead atoms. The summed E-state index contributed by atoms with van der Waals surface area (Å²) < 4.78 is 25.2. The third kappa shape index (κ3) is 2.73. The standard InChI is InChI=1S/C10H9F2N3O2/c11-10(12)7-4-15-8(1-9(16)17)6(3-14)5(7)2-13/h4,10H,1,3,14H2,(H,16,17). The number of pyridine rings is 1. The average Bonchev–Trinajstić information content (AvgIpc) is 2.26. The molecule has 0 unspecified atom stereocenters. The van der Waals surface area contributed by atoms with Gasteiger partial charge in [0.1, 0.15) is 6.07 Å². The van der Waals surface area contributed by atoms with Crippen LogP contribution in [-0.2, 0) is 17.8 Å². The number of halogens is 2. The Morgan fingerprint density at radius 2 is 2.29 bits per heavy atom. The zero-order valence-electron chi connectivity index (χ0n) is 8.65. The lowest BCUT2D eigenvalue weighted by Crippen LogP contribution is -2.13. The van der Waals surface area contributed by atoms with Gasteiger partial charge in [0.15, 0.2) is 0 Å². The second-order valence-electron chi connectivity index (χ2n) is 3.20. The molecule has 1 aromatic heterocycles. The molecule has 17 heavy (non-hydrogen) atoms. The summed E-state index contributed by atoms with van der Waals surface area (Å²) in [6.45, 7) is -0.209. The quantitative estimate of drug-likeness (QED) is 0.818. The predicted molar refractivity (Wildman–Crippen MR) is 53.1 cm³/mol. The molecule has 0 spiro atoms. The average molecular weight is 241 g/mol. The highest BCUT2D eigenvalue weighted by Crippen LogP contribution is 2.25. The minimum absolute atomic E-state index is 0.0425. The number of hydrogen-bond acceptors (Lipinski definition) is 4. The topological polar surface area (TPSA) is 100 Å². The summed E-state index contributed by atoms with van der Waals surface area (Å²) in [5.74, 6) is -1.17. The molecule has 0 radical (unpaired) electrons. The Morgan fingerprint density at radius 3 is 2.71 bits per heavy atom. The van der Waals surface area contributed by atoms with E-state index in [1.165, 1.54) is 0 Å². The maximum absolute atomic E-state index is 12.6.